The number of carboxylic acid groups (broad SMARTS) is 1. The average molecular weight is 403 g/mol. The fourth-order valence-corrected chi connectivity index (χ4v) is 2.74. The molecule has 0 radical (unpaired) electrons. The number of aliphatic carboxylic acids is 1. The molecule has 0 aliphatic rings. The first kappa shape index (κ1) is 14.8. The van der Waals surface area contributed by atoms with Crippen LogP contribution in [0, 0.1) is 2.88 Å². The second-order valence-corrected chi connectivity index (χ2v) is 6.61. The minimum Gasteiger partial charge on any atom is -0.482 e. The van der Waals surface area contributed by atoms with Crippen LogP contribution in [-0.2, 0) is 4.79 Å². The van der Waals surface area contributed by atoms with E-state index < -0.39 is 5.97 Å². The number of thiophene rings is 1. The smallest absolute Gasteiger partial charge is 0.341 e. The lowest BCUT2D eigenvalue weighted by Gasteiger charge is -2.06. The van der Waals surface area contributed by atoms with Gasteiger partial charge in [-0.3, -0.25) is 4.79 Å². The fourth-order valence-electron chi connectivity index (χ4n) is 1.41. The monoisotopic (exact) mass is 403 g/mol. The van der Waals surface area contributed by atoms with Crippen LogP contribution in [-0.4, -0.2) is 23.6 Å². The van der Waals surface area contributed by atoms with Gasteiger partial charge in [-0.25, -0.2) is 4.79 Å². The van der Waals surface area contributed by atoms with E-state index in [1.54, 1.807) is 29.6 Å². The van der Waals surface area contributed by atoms with E-state index in [9.17, 15) is 9.59 Å². The Hall–Kier alpha value is -1.61. The number of carbonyl (C=O) groups excluding carboxylic acids is 1. The molecule has 1 aromatic heterocycles. The van der Waals surface area contributed by atoms with Crippen LogP contribution in [0.4, 0.5) is 5.69 Å². The predicted molar refractivity (Wildman–Crippen MR) is 84.6 cm³/mol. The van der Waals surface area contributed by atoms with Crippen molar-refractivity contribution in [2.24, 2.45) is 0 Å². The quantitative estimate of drug-likeness (QED) is 0.753. The molecule has 0 saturated heterocycles. The number of nitrogens with one attached hydrogen (secondary N) is 1. The number of rotatable bonds is 5. The van der Waals surface area contributed by atoms with Gasteiger partial charge >= 0.3 is 5.97 Å². The van der Waals surface area contributed by atoms with Gasteiger partial charge < -0.3 is 15.2 Å². The van der Waals surface area contributed by atoms with Gasteiger partial charge in [-0.1, -0.05) is 0 Å². The molecule has 0 saturated carbocycles. The summed E-state index contributed by atoms with van der Waals surface area (Å²) in [7, 11) is 0. The zero-order valence-electron chi connectivity index (χ0n) is 10.1. The maximum absolute atomic E-state index is 11.9. The van der Waals surface area contributed by atoms with Gasteiger partial charge in [-0.05, 0) is 52.9 Å². The second kappa shape index (κ2) is 6.71. The summed E-state index contributed by atoms with van der Waals surface area (Å²) in [4.78, 5) is 22.3. The van der Waals surface area contributed by atoms with E-state index in [4.69, 9.17) is 9.84 Å². The summed E-state index contributed by atoms with van der Waals surface area (Å²) in [6.07, 6.45) is 0. The Bertz CT molecular complexity index is 624. The van der Waals surface area contributed by atoms with Gasteiger partial charge in [-0.2, -0.15) is 0 Å². The van der Waals surface area contributed by atoms with E-state index in [1.165, 1.54) is 11.3 Å². The summed E-state index contributed by atoms with van der Waals surface area (Å²) in [6, 6.07) is 8.34. The van der Waals surface area contributed by atoms with Gasteiger partial charge in [0.1, 0.15) is 5.75 Å². The van der Waals surface area contributed by atoms with Crippen LogP contribution in [0.1, 0.15) is 10.4 Å². The molecule has 20 heavy (non-hydrogen) atoms. The number of hydrogen-bond acceptors (Lipinski definition) is 4. The van der Waals surface area contributed by atoms with Crippen molar-refractivity contribution in [2.75, 3.05) is 11.9 Å². The van der Waals surface area contributed by atoms with Crippen LogP contribution in [0.2, 0.25) is 0 Å². The van der Waals surface area contributed by atoms with E-state index in [0.717, 1.165) is 2.88 Å². The Labute approximate surface area is 132 Å². The summed E-state index contributed by atoms with van der Waals surface area (Å²) < 4.78 is 6.05. The van der Waals surface area contributed by atoms with Gasteiger partial charge in [-0.15, -0.1) is 11.3 Å². The van der Waals surface area contributed by atoms with Crippen molar-refractivity contribution in [3.63, 3.8) is 0 Å². The fraction of sp³-hybridized carbons (Fsp3) is 0.0769. The maximum Gasteiger partial charge on any atom is 0.341 e. The Balaban J connectivity index is 1.96. The largest absolute Gasteiger partial charge is 0.482 e. The number of carboxylic acids is 1. The molecule has 0 spiro atoms. The number of hydrogen-bond donors (Lipinski definition) is 2. The second-order valence-electron chi connectivity index (χ2n) is 3.80. The zero-order chi connectivity index (χ0) is 14.5. The molecule has 1 aromatic carbocycles. The van der Waals surface area contributed by atoms with Crippen LogP contribution in [0.3, 0.4) is 0 Å². The molecule has 2 aromatic rings. The van der Waals surface area contributed by atoms with Gasteiger partial charge in [0.15, 0.2) is 6.61 Å². The highest BCUT2D eigenvalue weighted by Crippen LogP contribution is 2.19. The SMILES string of the molecule is O=C(O)COc1ccc(NC(=O)c2csc(I)c2)cc1. The summed E-state index contributed by atoms with van der Waals surface area (Å²) >= 11 is 3.66. The topological polar surface area (TPSA) is 75.6 Å². The van der Waals surface area contributed by atoms with Crippen molar-refractivity contribution < 1.29 is 19.4 Å². The first-order valence-electron chi connectivity index (χ1n) is 5.54. The van der Waals surface area contributed by atoms with Crippen LogP contribution >= 0.6 is 33.9 Å². The lowest BCUT2D eigenvalue weighted by molar-refractivity contribution is -0.139. The Morgan fingerprint density at radius 3 is 2.55 bits per heavy atom. The number of halogens is 1. The molecule has 0 unspecified atom stereocenters. The Kier molecular flexibility index (Phi) is 4.96. The van der Waals surface area contributed by atoms with Crippen molar-refractivity contribution in [3.05, 3.63) is 44.2 Å². The molecule has 0 aliphatic carbocycles. The first-order valence-corrected chi connectivity index (χ1v) is 7.50. The summed E-state index contributed by atoms with van der Waals surface area (Å²) in [5.74, 6) is -0.770. The van der Waals surface area contributed by atoms with Crippen molar-refractivity contribution in [1.82, 2.24) is 0 Å². The molecular formula is C13H10INO4S. The minimum atomic E-state index is -1.03. The molecular weight excluding hydrogens is 393 g/mol. The molecule has 0 aliphatic heterocycles. The van der Waals surface area contributed by atoms with Gasteiger partial charge in [0.05, 0.1) is 8.45 Å². The zero-order valence-corrected chi connectivity index (χ0v) is 13.1. The number of anilines is 1. The van der Waals surface area contributed by atoms with Crippen molar-refractivity contribution in [2.45, 2.75) is 0 Å². The molecule has 5 nitrogen and oxygen atoms in total. The standard InChI is InChI=1S/C13H10INO4S/c14-11-5-8(7-20-11)13(18)15-9-1-3-10(4-2-9)19-6-12(16)17/h1-5,7H,6H2,(H,15,18)(H,16,17). The number of benzene rings is 1. The molecule has 0 fully saturated rings. The van der Waals surface area contributed by atoms with Crippen molar-refractivity contribution >= 4 is 51.5 Å². The number of carbonyl (C=O) groups is 2. The minimum absolute atomic E-state index is 0.177. The first-order chi connectivity index (χ1) is 9.54. The maximum atomic E-state index is 11.9. The molecule has 7 heteroatoms. The van der Waals surface area contributed by atoms with E-state index in [-0.39, 0.29) is 12.5 Å². The van der Waals surface area contributed by atoms with Gasteiger partial charge in [0.25, 0.3) is 5.91 Å². The average Bonchev–Trinajstić information content (AvgIpc) is 2.85. The van der Waals surface area contributed by atoms with Gasteiger partial charge in [0.2, 0.25) is 0 Å². The molecule has 2 N–H and O–H groups in total. The number of ether oxygens (including phenoxy) is 1. The third kappa shape index (κ3) is 4.20. The summed E-state index contributed by atoms with van der Waals surface area (Å²) in [5.41, 5.74) is 1.24. The molecule has 104 valence electrons. The molecule has 2 rings (SSSR count). The lowest BCUT2D eigenvalue weighted by Crippen LogP contribution is -2.11. The highest BCUT2D eigenvalue weighted by molar-refractivity contribution is 14.1. The lowest BCUT2D eigenvalue weighted by atomic mass is 10.2. The van der Waals surface area contributed by atoms with Crippen LogP contribution < -0.4 is 10.1 Å². The third-order valence-corrected chi connectivity index (χ3v) is 4.09. The normalized spacial score (nSPS) is 10.1. The van der Waals surface area contributed by atoms with E-state index in [2.05, 4.69) is 27.9 Å². The van der Waals surface area contributed by atoms with Crippen LogP contribution in [0.15, 0.2) is 35.7 Å². The third-order valence-electron chi connectivity index (χ3n) is 2.30. The van der Waals surface area contributed by atoms with Crippen LogP contribution in [0.25, 0.3) is 0 Å². The Morgan fingerprint density at radius 2 is 2.00 bits per heavy atom. The molecule has 1 amide bonds. The highest BCUT2D eigenvalue weighted by atomic mass is 127. The highest BCUT2D eigenvalue weighted by Gasteiger charge is 2.08. The Morgan fingerprint density at radius 1 is 1.30 bits per heavy atom. The molecule has 0 atom stereocenters. The van der Waals surface area contributed by atoms with E-state index >= 15 is 0 Å². The summed E-state index contributed by atoms with van der Waals surface area (Å²) in [6.45, 7) is -0.390. The van der Waals surface area contributed by atoms with Crippen molar-refractivity contribution in [1.29, 1.82) is 0 Å². The van der Waals surface area contributed by atoms with Gasteiger partial charge in [0, 0.05) is 11.1 Å². The molecule has 1 heterocycles. The van der Waals surface area contributed by atoms with Crippen LogP contribution in [0.5, 0.6) is 5.75 Å². The van der Waals surface area contributed by atoms with E-state index in [1.807, 2.05) is 6.07 Å². The summed E-state index contributed by atoms with van der Waals surface area (Å²) in [5, 5.41) is 13.0. The van der Waals surface area contributed by atoms with E-state index in [0.29, 0.717) is 17.0 Å². The predicted octanol–water partition coefficient (Wildman–Crippen LogP) is 3.07. The number of amides is 1. The molecule has 0 bridgehead atoms. The van der Waals surface area contributed by atoms with Crippen molar-refractivity contribution in [3.8, 4) is 5.75 Å².